The topological polar surface area (TPSA) is 60.0 Å². The molecule has 1 N–H and O–H groups in total. The van der Waals surface area contributed by atoms with E-state index in [2.05, 4.69) is 4.98 Å². The normalized spacial score (nSPS) is 12.6. The Bertz CT molecular complexity index is 473. The highest BCUT2D eigenvalue weighted by Gasteiger charge is 2.13. The molecule has 16 heavy (non-hydrogen) atoms. The van der Waals surface area contributed by atoms with Crippen LogP contribution in [0.3, 0.4) is 0 Å². The van der Waals surface area contributed by atoms with Crippen LogP contribution < -0.4 is 0 Å². The van der Waals surface area contributed by atoms with Crippen LogP contribution in [-0.2, 0) is 6.54 Å². The van der Waals surface area contributed by atoms with Crippen molar-refractivity contribution in [2.24, 2.45) is 0 Å². The monoisotopic (exact) mass is 219 g/mol. The van der Waals surface area contributed by atoms with Crippen LogP contribution in [0.4, 0.5) is 0 Å². The minimum Gasteiger partial charge on any atom is -0.477 e. The lowest BCUT2D eigenvalue weighted by Gasteiger charge is -2.16. The molecule has 0 fully saturated rings. The first-order valence-corrected chi connectivity index (χ1v) is 5.04. The number of aromatic nitrogens is 3. The molecular weight excluding hydrogens is 206 g/mol. The fourth-order valence-corrected chi connectivity index (χ4v) is 1.75. The molecule has 0 aliphatic rings. The Kier molecular flexibility index (Phi) is 2.76. The molecule has 2 aromatic heterocycles. The molecule has 2 aromatic rings. The predicted molar refractivity (Wildman–Crippen MR) is 58.3 cm³/mol. The van der Waals surface area contributed by atoms with Crippen LogP contribution in [0, 0.1) is 0 Å². The molecule has 0 radical (unpaired) electrons. The summed E-state index contributed by atoms with van der Waals surface area (Å²) in [5.74, 6) is -0.900. The first-order chi connectivity index (χ1) is 7.68. The molecular formula is C11H13N3O2. The van der Waals surface area contributed by atoms with Crippen molar-refractivity contribution >= 4 is 5.97 Å². The third kappa shape index (κ3) is 1.98. The molecule has 2 heterocycles. The molecule has 0 amide bonds. The van der Waals surface area contributed by atoms with E-state index in [0.717, 1.165) is 0 Å². The van der Waals surface area contributed by atoms with Gasteiger partial charge in [0.15, 0.2) is 0 Å². The second kappa shape index (κ2) is 4.22. The van der Waals surface area contributed by atoms with Gasteiger partial charge in [0.2, 0.25) is 0 Å². The largest absolute Gasteiger partial charge is 0.477 e. The van der Waals surface area contributed by atoms with Crippen molar-refractivity contribution in [1.82, 2.24) is 14.1 Å². The standard InChI is InChI=1S/C11H13N3O2/c1-9(7-13-6-4-12-8-13)14-5-2-3-10(14)11(15)16/h2-6,8-9H,7H2,1H3,(H,15,16). The van der Waals surface area contributed by atoms with Gasteiger partial charge in [0.1, 0.15) is 5.69 Å². The predicted octanol–water partition coefficient (Wildman–Crippen LogP) is 1.64. The van der Waals surface area contributed by atoms with Crippen molar-refractivity contribution in [3.8, 4) is 0 Å². The number of carboxylic acids is 1. The van der Waals surface area contributed by atoms with Crippen LogP contribution in [0.2, 0.25) is 0 Å². The number of aromatic carboxylic acids is 1. The van der Waals surface area contributed by atoms with Crippen molar-refractivity contribution in [2.75, 3.05) is 0 Å². The zero-order valence-electron chi connectivity index (χ0n) is 8.95. The second-order valence-corrected chi connectivity index (χ2v) is 3.71. The molecule has 0 aliphatic heterocycles. The molecule has 0 spiro atoms. The zero-order valence-corrected chi connectivity index (χ0v) is 8.95. The summed E-state index contributed by atoms with van der Waals surface area (Å²) in [7, 11) is 0. The molecule has 2 rings (SSSR count). The molecule has 0 aliphatic carbocycles. The molecule has 0 bridgehead atoms. The lowest BCUT2D eigenvalue weighted by Crippen LogP contribution is -2.16. The van der Waals surface area contributed by atoms with E-state index >= 15 is 0 Å². The van der Waals surface area contributed by atoms with Gasteiger partial charge in [-0.05, 0) is 19.1 Å². The van der Waals surface area contributed by atoms with Crippen LogP contribution >= 0.6 is 0 Å². The van der Waals surface area contributed by atoms with E-state index in [4.69, 9.17) is 5.11 Å². The van der Waals surface area contributed by atoms with Crippen LogP contribution in [-0.4, -0.2) is 25.2 Å². The Hall–Kier alpha value is -2.04. The average molecular weight is 219 g/mol. The minimum absolute atomic E-state index is 0.0790. The van der Waals surface area contributed by atoms with Crippen molar-refractivity contribution in [2.45, 2.75) is 19.5 Å². The van der Waals surface area contributed by atoms with Gasteiger partial charge < -0.3 is 14.2 Å². The zero-order chi connectivity index (χ0) is 11.5. The van der Waals surface area contributed by atoms with E-state index in [1.54, 1.807) is 35.4 Å². The first kappa shape index (κ1) is 10.5. The van der Waals surface area contributed by atoms with Crippen molar-refractivity contribution in [1.29, 1.82) is 0 Å². The van der Waals surface area contributed by atoms with Gasteiger partial charge in [0.05, 0.1) is 6.33 Å². The maximum absolute atomic E-state index is 10.9. The maximum Gasteiger partial charge on any atom is 0.352 e. The number of carbonyl (C=O) groups is 1. The number of nitrogens with zero attached hydrogens (tertiary/aromatic N) is 3. The van der Waals surface area contributed by atoms with Gasteiger partial charge in [-0.15, -0.1) is 0 Å². The summed E-state index contributed by atoms with van der Waals surface area (Å²) in [6, 6.07) is 3.43. The smallest absolute Gasteiger partial charge is 0.352 e. The van der Waals surface area contributed by atoms with Gasteiger partial charge in [0.25, 0.3) is 0 Å². The molecule has 1 atom stereocenters. The van der Waals surface area contributed by atoms with E-state index in [9.17, 15) is 4.79 Å². The van der Waals surface area contributed by atoms with Gasteiger partial charge in [-0.25, -0.2) is 9.78 Å². The summed E-state index contributed by atoms with van der Waals surface area (Å²) in [5, 5.41) is 8.99. The summed E-state index contributed by atoms with van der Waals surface area (Å²) < 4.78 is 3.68. The van der Waals surface area contributed by atoms with E-state index in [-0.39, 0.29) is 6.04 Å². The lowest BCUT2D eigenvalue weighted by atomic mass is 10.3. The Balaban J connectivity index is 2.17. The maximum atomic E-state index is 10.9. The van der Waals surface area contributed by atoms with Crippen LogP contribution in [0.1, 0.15) is 23.5 Å². The summed E-state index contributed by atoms with van der Waals surface area (Å²) in [6.45, 7) is 2.68. The number of hydrogen-bond donors (Lipinski definition) is 1. The summed E-state index contributed by atoms with van der Waals surface area (Å²) >= 11 is 0. The molecule has 0 aromatic carbocycles. The number of carboxylic acid groups (broad SMARTS) is 1. The second-order valence-electron chi connectivity index (χ2n) is 3.71. The quantitative estimate of drug-likeness (QED) is 0.850. The highest BCUT2D eigenvalue weighted by atomic mass is 16.4. The van der Waals surface area contributed by atoms with Crippen molar-refractivity contribution < 1.29 is 9.90 Å². The summed E-state index contributed by atoms with van der Waals surface area (Å²) in [5.41, 5.74) is 0.313. The van der Waals surface area contributed by atoms with E-state index in [1.807, 2.05) is 17.7 Å². The number of imidazole rings is 1. The van der Waals surface area contributed by atoms with Crippen molar-refractivity contribution in [3.63, 3.8) is 0 Å². The average Bonchev–Trinajstić information content (AvgIpc) is 2.86. The SMILES string of the molecule is CC(Cn1ccnc1)n1cccc1C(=O)O. The molecule has 0 saturated heterocycles. The minimum atomic E-state index is -0.900. The van der Waals surface area contributed by atoms with Crippen molar-refractivity contribution in [3.05, 3.63) is 42.7 Å². The van der Waals surface area contributed by atoms with Gasteiger partial charge in [-0.3, -0.25) is 0 Å². The highest BCUT2D eigenvalue weighted by Crippen LogP contribution is 2.13. The van der Waals surface area contributed by atoms with Gasteiger partial charge >= 0.3 is 5.97 Å². The molecule has 5 nitrogen and oxygen atoms in total. The third-order valence-corrected chi connectivity index (χ3v) is 2.51. The van der Waals surface area contributed by atoms with Gasteiger partial charge in [0, 0.05) is 31.2 Å². The number of hydrogen-bond acceptors (Lipinski definition) is 2. The fourth-order valence-electron chi connectivity index (χ4n) is 1.75. The van der Waals surface area contributed by atoms with E-state index < -0.39 is 5.97 Å². The Labute approximate surface area is 93.0 Å². The molecule has 0 saturated carbocycles. The fraction of sp³-hybridized carbons (Fsp3) is 0.273. The van der Waals surface area contributed by atoms with Crippen LogP contribution in [0.5, 0.6) is 0 Å². The first-order valence-electron chi connectivity index (χ1n) is 5.04. The third-order valence-electron chi connectivity index (χ3n) is 2.51. The molecule has 1 unspecified atom stereocenters. The van der Waals surface area contributed by atoms with Gasteiger partial charge in [-0.2, -0.15) is 0 Å². The van der Waals surface area contributed by atoms with Crippen LogP contribution in [0.15, 0.2) is 37.1 Å². The Morgan fingerprint density at radius 3 is 3.00 bits per heavy atom. The Morgan fingerprint density at radius 2 is 2.38 bits per heavy atom. The highest BCUT2D eigenvalue weighted by molar-refractivity contribution is 5.85. The lowest BCUT2D eigenvalue weighted by molar-refractivity contribution is 0.0682. The summed E-state index contributed by atoms with van der Waals surface area (Å²) in [6.07, 6.45) is 7.08. The van der Waals surface area contributed by atoms with E-state index in [0.29, 0.717) is 12.2 Å². The molecule has 84 valence electrons. The van der Waals surface area contributed by atoms with Crippen LogP contribution in [0.25, 0.3) is 0 Å². The Morgan fingerprint density at radius 1 is 1.56 bits per heavy atom. The summed E-state index contributed by atoms with van der Waals surface area (Å²) in [4.78, 5) is 14.9. The van der Waals surface area contributed by atoms with Gasteiger partial charge in [-0.1, -0.05) is 0 Å². The molecule has 5 heteroatoms. The number of rotatable bonds is 4. The van der Waals surface area contributed by atoms with E-state index in [1.165, 1.54) is 0 Å².